The third-order valence-electron chi connectivity index (χ3n) is 2.04. The fraction of sp³-hybridized carbons (Fsp3) is 0.556. The summed E-state index contributed by atoms with van der Waals surface area (Å²) in [6, 6.07) is 0.0178. The van der Waals surface area contributed by atoms with E-state index < -0.39 is 0 Å². The summed E-state index contributed by atoms with van der Waals surface area (Å²) >= 11 is 1.41. The molecule has 5 heteroatoms. The molecule has 1 aromatic heterocycles. The van der Waals surface area contributed by atoms with E-state index in [1.807, 2.05) is 13.8 Å². The van der Waals surface area contributed by atoms with Gasteiger partial charge in [-0.1, -0.05) is 13.8 Å². The maximum Gasteiger partial charge on any atom is 0.271 e. The minimum atomic E-state index is -0.143. The van der Waals surface area contributed by atoms with Gasteiger partial charge in [0, 0.05) is 18.0 Å². The second-order valence-corrected chi connectivity index (χ2v) is 4.15. The molecule has 1 amide bonds. The van der Waals surface area contributed by atoms with Crippen molar-refractivity contribution in [3.05, 3.63) is 16.6 Å². The van der Waals surface area contributed by atoms with Crippen LogP contribution in [0.1, 0.15) is 24.3 Å². The van der Waals surface area contributed by atoms with Crippen LogP contribution in [0.4, 0.5) is 0 Å². The summed E-state index contributed by atoms with van der Waals surface area (Å²) < 4.78 is 0. The fourth-order valence-corrected chi connectivity index (χ4v) is 1.60. The SMILES string of the molecule is CC(C)C(CN)NC(=O)c1cscn1. The van der Waals surface area contributed by atoms with E-state index in [1.165, 1.54) is 11.3 Å². The van der Waals surface area contributed by atoms with E-state index in [4.69, 9.17) is 5.73 Å². The van der Waals surface area contributed by atoms with Gasteiger partial charge in [0.25, 0.3) is 5.91 Å². The van der Waals surface area contributed by atoms with Crippen LogP contribution in [-0.2, 0) is 0 Å². The van der Waals surface area contributed by atoms with Crippen LogP contribution in [0.5, 0.6) is 0 Å². The van der Waals surface area contributed by atoms with Crippen molar-refractivity contribution in [1.29, 1.82) is 0 Å². The van der Waals surface area contributed by atoms with Gasteiger partial charge in [0.15, 0.2) is 0 Å². The lowest BCUT2D eigenvalue weighted by Crippen LogP contribution is -2.43. The summed E-state index contributed by atoms with van der Waals surface area (Å²) in [5.41, 5.74) is 7.65. The zero-order chi connectivity index (χ0) is 10.6. The number of hydrogen-bond donors (Lipinski definition) is 2. The molecule has 1 rings (SSSR count). The minimum Gasteiger partial charge on any atom is -0.346 e. The molecule has 4 nitrogen and oxygen atoms in total. The number of nitrogens with zero attached hydrogens (tertiary/aromatic N) is 1. The topological polar surface area (TPSA) is 68.0 Å². The van der Waals surface area contributed by atoms with Crippen LogP contribution in [0, 0.1) is 5.92 Å². The molecule has 78 valence electrons. The fourth-order valence-electron chi connectivity index (χ4n) is 1.06. The Morgan fingerprint density at radius 3 is 2.86 bits per heavy atom. The number of nitrogens with one attached hydrogen (secondary N) is 1. The maximum absolute atomic E-state index is 11.6. The largest absolute Gasteiger partial charge is 0.346 e. The van der Waals surface area contributed by atoms with Crippen molar-refractivity contribution in [1.82, 2.24) is 10.3 Å². The number of thiazole rings is 1. The molecular weight excluding hydrogens is 198 g/mol. The lowest BCUT2D eigenvalue weighted by atomic mass is 10.0. The van der Waals surface area contributed by atoms with E-state index in [0.717, 1.165) is 0 Å². The van der Waals surface area contributed by atoms with Gasteiger partial charge in [0.1, 0.15) is 5.69 Å². The molecule has 0 aliphatic rings. The normalized spacial score (nSPS) is 12.9. The molecule has 0 saturated carbocycles. The first-order chi connectivity index (χ1) is 6.65. The molecular formula is C9H15N3OS. The van der Waals surface area contributed by atoms with Crippen molar-refractivity contribution in [2.75, 3.05) is 6.54 Å². The predicted molar refractivity (Wildman–Crippen MR) is 57.3 cm³/mol. The molecule has 0 radical (unpaired) electrons. The van der Waals surface area contributed by atoms with Crippen LogP contribution in [0.25, 0.3) is 0 Å². The molecule has 0 saturated heterocycles. The van der Waals surface area contributed by atoms with Gasteiger partial charge in [-0.05, 0) is 5.92 Å². The quantitative estimate of drug-likeness (QED) is 0.779. The van der Waals surface area contributed by atoms with E-state index in [0.29, 0.717) is 18.2 Å². The Bertz CT molecular complexity index is 284. The lowest BCUT2D eigenvalue weighted by Gasteiger charge is -2.19. The van der Waals surface area contributed by atoms with Gasteiger partial charge < -0.3 is 11.1 Å². The summed E-state index contributed by atoms with van der Waals surface area (Å²) in [4.78, 5) is 15.5. The Morgan fingerprint density at radius 2 is 2.43 bits per heavy atom. The van der Waals surface area contributed by atoms with Gasteiger partial charge in [-0.15, -0.1) is 11.3 Å². The highest BCUT2D eigenvalue weighted by molar-refractivity contribution is 7.07. The highest BCUT2D eigenvalue weighted by atomic mass is 32.1. The Hall–Kier alpha value is -0.940. The molecule has 0 spiro atoms. The van der Waals surface area contributed by atoms with E-state index in [2.05, 4.69) is 10.3 Å². The Balaban J connectivity index is 2.56. The summed E-state index contributed by atoms with van der Waals surface area (Å²) in [6.07, 6.45) is 0. The van der Waals surface area contributed by atoms with Crippen LogP contribution >= 0.6 is 11.3 Å². The average Bonchev–Trinajstić information content (AvgIpc) is 2.65. The molecule has 0 aliphatic carbocycles. The van der Waals surface area contributed by atoms with E-state index in [1.54, 1.807) is 10.9 Å². The zero-order valence-corrected chi connectivity index (χ0v) is 9.17. The first-order valence-corrected chi connectivity index (χ1v) is 5.48. The van der Waals surface area contributed by atoms with E-state index in [9.17, 15) is 4.79 Å². The Morgan fingerprint density at radius 1 is 1.71 bits per heavy atom. The summed E-state index contributed by atoms with van der Waals surface area (Å²) in [5, 5.41) is 4.57. The molecule has 0 aromatic carbocycles. The summed E-state index contributed by atoms with van der Waals surface area (Å²) in [5.74, 6) is 0.193. The number of nitrogens with two attached hydrogens (primary N) is 1. The summed E-state index contributed by atoms with van der Waals surface area (Å²) in [6.45, 7) is 4.51. The zero-order valence-electron chi connectivity index (χ0n) is 8.36. The number of hydrogen-bond acceptors (Lipinski definition) is 4. The maximum atomic E-state index is 11.6. The molecule has 0 bridgehead atoms. The van der Waals surface area contributed by atoms with Crippen LogP contribution in [0.2, 0.25) is 0 Å². The number of carbonyl (C=O) groups is 1. The molecule has 1 atom stereocenters. The predicted octanol–water partition coefficient (Wildman–Crippen LogP) is 0.856. The van der Waals surface area contributed by atoms with Gasteiger partial charge in [0.05, 0.1) is 5.51 Å². The second kappa shape index (κ2) is 5.07. The standard InChI is InChI=1S/C9H15N3OS/c1-6(2)7(3-10)12-9(13)8-4-14-5-11-8/h4-7H,3,10H2,1-2H3,(H,12,13). The molecule has 0 fully saturated rings. The Labute approximate surface area is 87.5 Å². The molecule has 0 aliphatic heterocycles. The number of rotatable bonds is 4. The smallest absolute Gasteiger partial charge is 0.271 e. The molecule has 3 N–H and O–H groups in total. The van der Waals surface area contributed by atoms with Gasteiger partial charge in [-0.3, -0.25) is 4.79 Å². The van der Waals surface area contributed by atoms with Gasteiger partial charge in [-0.2, -0.15) is 0 Å². The average molecular weight is 213 g/mol. The van der Waals surface area contributed by atoms with Crippen LogP contribution < -0.4 is 11.1 Å². The Kier molecular flexibility index (Phi) is 4.03. The molecule has 1 heterocycles. The molecule has 1 unspecified atom stereocenters. The minimum absolute atomic E-state index is 0.0178. The number of amides is 1. The number of aromatic nitrogens is 1. The highest BCUT2D eigenvalue weighted by Crippen LogP contribution is 2.04. The molecule has 1 aromatic rings. The second-order valence-electron chi connectivity index (χ2n) is 3.43. The van der Waals surface area contributed by atoms with Gasteiger partial charge in [-0.25, -0.2) is 4.98 Å². The van der Waals surface area contributed by atoms with E-state index in [-0.39, 0.29) is 11.9 Å². The van der Waals surface area contributed by atoms with E-state index >= 15 is 0 Å². The first-order valence-electron chi connectivity index (χ1n) is 4.54. The van der Waals surface area contributed by atoms with Gasteiger partial charge >= 0.3 is 0 Å². The monoisotopic (exact) mass is 213 g/mol. The van der Waals surface area contributed by atoms with Crippen molar-refractivity contribution < 1.29 is 4.79 Å². The number of carbonyl (C=O) groups excluding carboxylic acids is 1. The van der Waals surface area contributed by atoms with Crippen LogP contribution in [0.3, 0.4) is 0 Å². The third kappa shape index (κ3) is 2.78. The van der Waals surface area contributed by atoms with Gasteiger partial charge in [0.2, 0.25) is 0 Å². The van der Waals surface area contributed by atoms with Crippen LogP contribution in [0.15, 0.2) is 10.9 Å². The molecule has 14 heavy (non-hydrogen) atoms. The first kappa shape index (κ1) is 11.1. The highest BCUT2D eigenvalue weighted by Gasteiger charge is 2.16. The van der Waals surface area contributed by atoms with Crippen molar-refractivity contribution >= 4 is 17.2 Å². The van der Waals surface area contributed by atoms with Crippen molar-refractivity contribution in [2.45, 2.75) is 19.9 Å². The van der Waals surface area contributed by atoms with Crippen molar-refractivity contribution in [2.24, 2.45) is 11.7 Å². The van der Waals surface area contributed by atoms with Crippen LogP contribution in [-0.4, -0.2) is 23.5 Å². The third-order valence-corrected chi connectivity index (χ3v) is 2.63. The van der Waals surface area contributed by atoms with Crippen molar-refractivity contribution in [3.8, 4) is 0 Å². The summed E-state index contributed by atoms with van der Waals surface area (Å²) in [7, 11) is 0. The van der Waals surface area contributed by atoms with Crippen molar-refractivity contribution in [3.63, 3.8) is 0 Å². The lowest BCUT2D eigenvalue weighted by molar-refractivity contribution is 0.0923.